The molecular weight excluding hydrogens is 250 g/mol. The van der Waals surface area contributed by atoms with E-state index in [2.05, 4.69) is 20.9 Å². The molecule has 0 atom stereocenters. The molecule has 3 rings (SSSR count). The van der Waals surface area contributed by atoms with Gasteiger partial charge in [-0.1, -0.05) is 6.07 Å². The van der Waals surface area contributed by atoms with E-state index in [-0.39, 0.29) is 0 Å². The Morgan fingerprint density at radius 3 is 2.20 bits per heavy atom. The smallest absolute Gasteiger partial charge is 0.150 e. The minimum Gasteiger partial charge on any atom is -0.368 e. The molecular formula is C16H17N3O. The number of aromatic nitrogens is 1. The van der Waals surface area contributed by atoms with Crippen LogP contribution in [-0.4, -0.2) is 37.4 Å². The van der Waals surface area contributed by atoms with E-state index in [0.29, 0.717) is 0 Å². The molecule has 1 aromatic carbocycles. The van der Waals surface area contributed by atoms with Crippen LogP contribution < -0.4 is 9.80 Å². The van der Waals surface area contributed by atoms with Crippen LogP contribution in [0.25, 0.3) is 0 Å². The summed E-state index contributed by atoms with van der Waals surface area (Å²) in [6.45, 7) is 3.87. The number of rotatable bonds is 3. The van der Waals surface area contributed by atoms with Crippen molar-refractivity contribution in [2.24, 2.45) is 0 Å². The Hall–Kier alpha value is -2.36. The van der Waals surface area contributed by atoms with Gasteiger partial charge in [0, 0.05) is 43.6 Å². The summed E-state index contributed by atoms with van der Waals surface area (Å²) >= 11 is 0. The molecule has 1 saturated heterocycles. The fourth-order valence-corrected chi connectivity index (χ4v) is 2.50. The van der Waals surface area contributed by atoms with Crippen LogP contribution in [0.4, 0.5) is 11.5 Å². The van der Waals surface area contributed by atoms with Crippen molar-refractivity contribution < 1.29 is 4.79 Å². The highest BCUT2D eigenvalue weighted by atomic mass is 16.1. The Labute approximate surface area is 118 Å². The minimum absolute atomic E-state index is 0.723. The first-order valence-corrected chi connectivity index (χ1v) is 6.83. The van der Waals surface area contributed by atoms with Gasteiger partial charge in [0.05, 0.1) is 0 Å². The molecule has 1 fully saturated rings. The van der Waals surface area contributed by atoms with Crippen LogP contribution in [0.1, 0.15) is 10.4 Å². The van der Waals surface area contributed by atoms with Crippen molar-refractivity contribution >= 4 is 17.8 Å². The zero-order valence-corrected chi connectivity index (χ0v) is 11.3. The third-order valence-electron chi connectivity index (χ3n) is 3.65. The van der Waals surface area contributed by atoms with E-state index in [1.807, 2.05) is 42.6 Å². The molecule has 1 aliphatic rings. The number of carbonyl (C=O) groups excluding carboxylic acids is 1. The van der Waals surface area contributed by atoms with Gasteiger partial charge in [0.15, 0.2) is 0 Å². The number of anilines is 2. The summed E-state index contributed by atoms with van der Waals surface area (Å²) in [4.78, 5) is 19.7. The van der Waals surface area contributed by atoms with Gasteiger partial charge in [-0.15, -0.1) is 0 Å². The number of nitrogens with zero attached hydrogens (tertiary/aromatic N) is 3. The predicted octanol–water partition coefficient (Wildman–Crippen LogP) is 2.22. The van der Waals surface area contributed by atoms with Crippen LogP contribution in [-0.2, 0) is 0 Å². The molecule has 102 valence electrons. The Morgan fingerprint density at radius 2 is 1.60 bits per heavy atom. The van der Waals surface area contributed by atoms with Gasteiger partial charge in [-0.3, -0.25) is 4.79 Å². The Balaban J connectivity index is 1.64. The highest BCUT2D eigenvalue weighted by Gasteiger charge is 2.17. The summed E-state index contributed by atoms with van der Waals surface area (Å²) in [5, 5.41) is 0. The van der Waals surface area contributed by atoms with Crippen LogP contribution in [0.3, 0.4) is 0 Å². The summed E-state index contributed by atoms with van der Waals surface area (Å²) in [6.07, 6.45) is 2.71. The highest BCUT2D eigenvalue weighted by molar-refractivity contribution is 5.75. The second-order valence-corrected chi connectivity index (χ2v) is 4.87. The largest absolute Gasteiger partial charge is 0.368 e. The maximum absolute atomic E-state index is 10.7. The fraction of sp³-hybridized carbons (Fsp3) is 0.250. The normalized spacial score (nSPS) is 15.2. The second kappa shape index (κ2) is 5.74. The maximum atomic E-state index is 10.7. The van der Waals surface area contributed by atoms with E-state index in [4.69, 9.17) is 0 Å². The average molecular weight is 267 g/mol. The van der Waals surface area contributed by atoms with Crippen molar-refractivity contribution in [2.75, 3.05) is 36.0 Å². The third kappa shape index (κ3) is 2.64. The van der Waals surface area contributed by atoms with E-state index in [1.54, 1.807) is 0 Å². The summed E-state index contributed by atoms with van der Waals surface area (Å²) in [5.41, 5.74) is 1.90. The Bertz CT molecular complexity index is 560. The average Bonchev–Trinajstić information content (AvgIpc) is 2.56. The summed E-state index contributed by atoms with van der Waals surface area (Å²) < 4.78 is 0. The van der Waals surface area contributed by atoms with Crippen molar-refractivity contribution in [3.05, 3.63) is 54.2 Å². The first-order chi connectivity index (χ1) is 9.86. The van der Waals surface area contributed by atoms with Gasteiger partial charge in [0.1, 0.15) is 12.1 Å². The lowest BCUT2D eigenvalue weighted by atomic mass is 10.2. The van der Waals surface area contributed by atoms with Crippen LogP contribution in [0.5, 0.6) is 0 Å². The quantitative estimate of drug-likeness (QED) is 0.799. The number of piperazine rings is 1. The second-order valence-electron chi connectivity index (χ2n) is 4.87. The van der Waals surface area contributed by atoms with Crippen LogP contribution in [0.15, 0.2) is 48.7 Å². The SMILES string of the molecule is O=Cc1ccc(N2CCN(c3ccccn3)CC2)cc1. The summed E-state index contributed by atoms with van der Waals surface area (Å²) in [6, 6.07) is 13.8. The zero-order valence-electron chi connectivity index (χ0n) is 11.3. The molecule has 0 spiro atoms. The minimum atomic E-state index is 0.723. The van der Waals surface area contributed by atoms with Crippen LogP contribution in [0, 0.1) is 0 Å². The number of hydrogen-bond donors (Lipinski definition) is 0. The molecule has 0 radical (unpaired) electrons. The van der Waals surface area contributed by atoms with Crippen LogP contribution in [0.2, 0.25) is 0 Å². The lowest BCUT2D eigenvalue weighted by Crippen LogP contribution is -2.46. The number of hydrogen-bond acceptors (Lipinski definition) is 4. The van der Waals surface area contributed by atoms with Crippen molar-refractivity contribution in [2.45, 2.75) is 0 Å². The van der Waals surface area contributed by atoms with E-state index < -0.39 is 0 Å². The summed E-state index contributed by atoms with van der Waals surface area (Å²) in [7, 11) is 0. The molecule has 0 aliphatic carbocycles. The molecule has 1 aliphatic heterocycles. The Kier molecular flexibility index (Phi) is 3.63. The third-order valence-corrected chi connectivity index (χ3v) is 3.65. The van der Waals surface area contributed by atoms with Gasteiger partial charge in [0.2, 0.25) is 0 Å². The van der Waals surface area contributed by atoms with E-state index in [9.17, 15) is 4.79 Å². The molecule has 1 aromatic heterocycles. The lowest BCUT2D eigenvalue weighted by molar-refractivity contribution is 0.112. The number of benzene rings is 1. The van der Waals surface area contributed by atoms with E-state index in [0.717, 1.165) is 43.8 Å². The topological polar surface area (TPSA) is 36.4 Å². The van der Waals surface area contributed by atoms with Gasteiger partial charge in [-0.2, -0.15) is 0 Å². The van der Waals surface area contributed by atoms with Crippen molar-refractivity contribution in [3.8, 4) is 0 Å². The van der Waals surface area contributed by atoms with E-state index >= 15 is 0 Å². The molecule has 0 bridgehead atoms. The molecule has 0 unspecified atom stereocenters. The summed E-state index contributed by atoms with van der Waals surface area (Å²) in [5.74, 6) is 1.04. The van der Waals surface area contributed by atoms with Crippen molar-refractivity contribution in [3.63, 3.8) is 0 Å². The molecule has 0 amide bonds. The molecule has 2 heterocycles. The standard InChI is InChI=1S/C16H17N3O/c20-13-14-4-6-15(7-5-14)18-9-11-19(12-10-18)16-3-1-2-8-17-16/h1-8,13H,9-12H2. The maximum Gasteiger partial charge on any atom is 0.150 e. The predicted molar refractivity (Wildman–Crippen MR) is 80.5 cm³/mol. The molecule has 4 heteroatoms. The zero-order chi connectivity index (χ0) is 13.8. The Morgan fingerprint density at radius 1 is 0.900 bits per heavy atom. The van der Waals surface area contributed by atoms with Gasteiger partial charge in [0.25, 0.3) is 0 Å². The van der Waals surface area contributed by atoms with Crippen molar-refractivity contribution in [1.82, 2.24) is 4.98 Å². The highest BCUT2D eigenvalue weighted by Crippen LogP contribution is 2.19. The van der Waals surface area contributed by atoms with Gasteiger partial charge in [-0.05, 0) is 36.4 Å². The van der Waals surface area contributed by atoms with E-state index in [1.165, 1.54) is 5.69 Å². The molecule has 0 saturated carbocycles. The number of carbonyl (C=O) groups is 1. The molecule has 4 nitrogen and oxygen atoms in total. The number of pyridine rings is 1. The van der Waals surface area contributed by atoms with Gasteiger partial charge < -0.3 is 9.80 Å². The monoisotopic (exact) mass is 267 g/mol. The molecule has 20 heavy (non-hydrogen) atoms. The number of aldehydes is 1. The first-order valence-electron chi connectivity index (χ1n) is 6.83. The molecule has 2 aromatic rings. The molecule has 0 N–H and O–H groups in total. The van der Waals surface area contributed by atoms with Gasteiger partial charge in [-0.25, -0.2) is 4.98 Å². The fourth-order valence-electron chi connectivity index (χ4n) is 2.50. The lowest BCUT2D eigenvalue weighted by Gasteiger charge is -2.36. The first kappa shape index (κ1) is 12.7. The van der Waals surface area contributed by atoms with Gasteiger partial charge >= 0.3 is 0 Å². The van der Waals surface area contributed by atoms with Crippen molar-refractivity contribution in [1.29, 1.82) is 0 Å². The van der Waals surface area contributed by atoms with Crippen LogP contribution >= 0.6 is 0 Å².